The standard InChI is InChI=1S/C34H40ClN3O3/c1-23(2)33(39)38(20-24-9-12-26(35)13-10-24)27-15-18-37(21-27)17-6-8-28-29-7-5-16-36-31(29)22-41-32-14-11-25(19-30(28)32)34(3,4)40/h5,7-14,16,19,23,27,40H,6,15,17-18,20-22H2,1-4H3. The molecular weight excluding hydrogens is 534 g/mol. The monoisotopic (exact) mass is 573 g/mol. The molecule has 41 heavy (non-hydrogen) atoms. The first-order valence-electron chi connectivity index (χ1n) is 14.5. The van der Waals surface area contributed by atoms with Crippen LogP contribution in [0.5, 0.6) is 5.75 Å². The molecule has 2 aliphatic rings. The molecule has 1 fully saturated rings. The van der Waals surface area contributed by atoms with Crippen LogP contribution < -0.4 is 4.74 Å². The van der Waals surface area contributed by atoms with Crippen molar-refractivity contribution in [2.45, 2.75) is 65.3 Å². The minimum atomic E-state index is -0.958. The van der Waals surface area contributed by atoms with Crippen LogP contribution in [0.15, 0.2) is 66.9 Å². The van der Waals surface area contributed by atoms with E-state index >= 15 is 0 Å². The summed E-state index contributed by atoms with van der Waals surface area (Å²) < 4.78 is 6.15. The summed E-state index contributed by atoms with van der Waals surface area (Å²) in [4.78, 5) is 22.3. The summed E-state index contributed by atoms with van der Waals surface area (Å²) >= 11 is 6.09. The van der Waals surface area contributed by atoms with Crippen LogP contribution >= 0.6 is 11.6 Å². The van der Waals surface area contributed by atoms with Crippen molar-refractivity contribution in [3.8, 4) is 5.75 Å². The summed E-state index contributed by atoms with van der Waals surface area (Å²) in [6.07, 6.45) is 5.88. The van der Waals surface area contributed by atoms with Crippen molar-refractivity contribution < 1.29 is 14.6 Å². The van der Waals surface area contributed by atoms with E-state index in [0.717, 1.165) is 71.7 Å². The lowest BCUT2D eigenvalue weighted by Gasteiger charge is -2.31. The summed E-state index contributed by atoms with van der Waals surface area (Å²) in [7, 11) is 0. The first-order chi connectivity index (χ1) is 19.6. The maximum absolute atomic E-state index is 13.2. The SMILES string of the molecule is CC(C)C(=O)N(Cc1ccc(Cl)cc1)C1CCN(CCC=C2c3cc(C(C)(C)O)ccc3OCc3ncccc32)C1. The molecule has 0 bridgehead atoms. The fourth-order valence-electron chi connectivity index (χ4n) is 5.72. The van der Waals surface area contributed by atoms with Crippen LogP contribution in [0.3, 0.4) is 0 Å². The molecule has 1 atom stereocenters. The zero-order chi connectivity index (χ0) is 29.1. The van der Waals surface area contributed by atoms with E-state index in [1.807, 2.05) is 62.4 Å². The number of aromatic nitrogens is 1. The molecule has 1 saturated heterocycles. The van der Waals surface area contributed by atoms with Gasteiger partial charge in [0.2, 0.25) is 5.91 Å². The van der Waals surface area contributed by atoms with E-state index in [9.17, 15) is 9.90 Å². The normalized spacial score (nSPS) is 18.1. The van der Waals surface area contributed by atoms with Gasteiger partial charge >= 0.3 is 0 Å². The Labute approximate surface area is 248 Å². The van der Waals surface area contributed by atoms with Gasteiger partial charge in [-0.15, -0.1) is 0 Å². The Morgan fingerprint density at radius 3 is 2.71 bits per heavy atom. The Morgan fingerprint density at radius 1 is 1.20 bits per heavy atom. The van der Waals surface area contributed by atoms with Crippen molar-refractivity contribution in [3.63, 3.8) is 0 Å². The average Bonchev–Trinajstić information content (AvgIpc) is 3.35. The molecule has 1 aromatic heterocycles. The number of rotatable bonds is 8. The van der Waals surface area contributed by atoms with Gasteiger partial charge in [0.15, 0.2) is 0 Å². The number of benzene rings is 2. The topological polar surface area (TPSA) is 65.9 Å². The molecule has 2 aromatic carbocycles. The molecule has 0 spiro atoms. The average molecular weight is 574 g/mol. The van der Waals surface area contributed by atoms with Gasteiger partial charge in [-0.05, 0) is 73.7 Å². The van der Waals surface area contributed by atoms with Gasteiger partial charge in [0.05, 0.1) is 11.3 Å². The lowest BCUT2D eigenvalue weighted by molar-refractivity contribution is -0.137. The van der Waals surface area contributed by atoms with Crippen LogP contribution in [0.25, 0.3) is 5.57 Å². The molecule has 0 saturated carbocycles. The third-order valence-corrected chi connectivity index (χ3v) is 8.30. The number of hydrogen-bond acceptors (Lipinski definition) is 5. The van der Waals surface area contributed by atoms with Gasteiger partial charge in [-0.3, -0.25) is 9.78 Å². The Bertz CT molecular complexity index is 1410. The number of halogens is 1. The van der Waals surface area contributed by atoms with Crippen LogP contribution in [0.1, 0.15) is 68.5 Å². The van der Waals surface area contributed by atoms with Crippen molar-refractivity contribution >= 4 is 23.1 Å². The van der Waals surface area contributed by atoms with Gasteiger partial charge in [-0.25, -0.2) is 0 Å². The second-order valence-electron chi connectivity index (χ2n) is 12.0. The van der Waals surface area contributed by atoms with Gasteiger partial charge in [0, 0.05) is 60.5 Å². The van der Waals surface area contributed by atoms with E-state index in [4.69, 9.17) is 16.3 Å². The second kappa shape index (κ2) is 12.4. The molecule has 1 amide bonds. The summed E-state index contributed by atoms with van der Waals surface area (Å²) in [6, 6.07) is 18.0. The summed E-state index contributed by atoms with van der Waals surface area (Å²) in [5.74, 6) is 0.935. The van der Waals surface area contributed by atoms with Crippen LogP contribution in [0.4, 0.5) is 0 Å². The highest BCUT2D eigenvalue weighted by Gasteiger charge is 2.32. The summed E-state index contributed by atoms with van der Waals surface area (Å²) in [5.41, 5.74) is 5.02. The molecule has 7 heteroatoms. The predicted octanol–water partition coefficient (Wildman–Crippen LogP) is 6.44. The number of fused-ring (bicyclic) bond motifs is 2. The number of carbonyl (C=O) groups is 1. The van der Waals surface area contributed by atoms with Gasteiger partial charge in [0.25, 0.3) is 0 Å². The third kappa shape index (κ3) is 6.83. The molecule has 6 nitrogen and oxygen atoms in total. The van der Waals surface area contributed by atoms with Crippen molar-refractivity contribution in [3.05, 3.63) is 99.8 Å². The van der Waals surface area contributed by atoms with Crippen molar-refractivity contribution in [2.75, 3.05) is 19.6 Å². The van der Waals surface area contributed by atoms with Crippen LogP contribution in [0, 0.1) is 5.92 Å². The Kier molecular flexibility index (Phi) is 8.83. The first-order valence-corrected chi connectivity index (χ1v) is 14.9. The summed E-state index contributed by atoms with van der Waals surface area (Å²) in [6.45, 7) is 11.3. The Balaban J connectivity index is 1.34. The van der Waals surface area contributed by atoms with Gasteiger partial charge in [-0.1, -0.05) is 55.8 Å². The molecule has 2 aliphatic heterocycles. The van der Waals surface area contributed by atoms with Crippen molar-refractivity contribution in [2.24, 2.45) is 5.92 Å². The first kappa shape index (κ1) is 29.3. The van der Waals surface area contributed by atoms with Gasteiger partial charge < -0.3 is 19.6 Å². The second-order valence-corrected chi connectivity index (χ2v) is 12.4. The fourth-order valence-corrected chi connectivity index (χ4v) is 5.85. The van der Waals surface area contributed by atoms with Crippen LogP contribution in [-0.2, 0) is 23.5 Å². The third-order valence-electron chi connectivity index (χ3n) is 8.05. The lowest BCUT2D eigenvalue weighted by atomic mass is 9.90. The quantitative estimate of drug-likeness (QED) is 0.336. The summed E-state index contributed by atoms with van der Waals surface area (Å²) in [5, 5.41) is 11.4. The number of aliphatic hydroxyl groups is 1. The molecule has 5 rings (SSSR count). The van der Waals surface area contributed by atoms with E-state index in [1.54, 1.807) is 20.0 Å². The molecule has 3 heterocycles. The minimum absolute atomic E-state index is 0.0546. The molecular formula is C34H40ClN3O3. The van der Waals surface area contributed by atoms with Gasteiger partial charge in [-0.2, -0.15) is 0 Å². The number of hydrogen-bond donors (Lipinski definition) is 1. The molecule has 1 unspecified atom stereocenters. The number of carbonyl (C=O) groups excluding carboxylic acids is 1. The Hall–Kier alpha value is -3.19. The number of nitrogens with zero attached hydrogens (tertiary/aromatic N) is 3. The predicted molar refractivity (Wildman–Crippen MR) is 164 cm³/mol. The van der Waals surface area contributed by atoms with Crippen LogP contribution in [0.2, 0.25) is 5.02 Å². The van der Waals surface area contributed by atoms with Crippen molar-refractivity contribution in [1.82, 2.24) is 14.8 Å². The molecule has 1 N–H and O–H groups in total. The number of likely N-dealkylation sites (tertiary alicyclic amines) is 1. The highest BCUT2D eigenvalue weighted by Crippen LogP contribution is 2.38. The maximum Gasteiger partial charge on any atom is 0.225 e. The lowest BCUT2D eigenvalue weighted by Crippen LogP contribution is -2.43. The number of pyridine rings is 1. The number of ether oxygens (including phenoxy) is 1. The molecule has 3 aromatic rings. The van der Waals surface area contributed by atoms with Crippen LogP contribution in [-0.4, -0.2) is 51.5 Å². The highest BCUT2D eigenvalue weighted by molar-refractivity contribution is 6.30. The van der Waals surface area contributed by atoms with Crippen molar-refractivity contribution in [1.29, 1.82) is 0 Å². The van der Waals surface area contributed by atoms with E-state index < -0.39 is 5.60 Å². The number of amides is 1. The maximum atomic E-state index is 13.2. The molecule has 216 valence electrons. The zero-order valence-electron chi connectivity index (χ0n) is 24.4. The smallest absolute Gasteiger partial charge is 0.225 e. The van der Waals surface area contributed by atoms with E-state index in [0.29, 0.717) is 18.2 Å². The minimum Gasteiger partial charge on any atom is -0.487 e. The van der Waals surface area contributed by atoms with E-state index in [1.165, 1.54) is 0 Å². The van der Waals surface area contributed by atoms with Gasteiger partial charge in [0.1, 0.15) is 12.4 Å². The van der Waals surface area contributed by atoms with E-state index in [-0.39, 0.29) is 17.9 Å². The van der Waals surface area contributed by atoms with E-state index in [2.05, 4.69) is 26.9 Å². The largest absolute Gasteiger partial charge is 0.487 e. The zero-order valence-corrected chi connectivity index (χ0v) is 25.2. The molecule has 0 aliphatic carbocycles. The Morgan fingerprint density at radius 2 is 1.98 bits per heavy atom. The fraction of sp³-hybridized carbons (Fsp3) is 0.412. The highest BCUT2D eigenvalue weighted by atomic mass is 35.5. The molecule has 0 radical (unpaired) electrons.